The highest BCUT2D eigenvalue weighted by atomic mass is 35.5. The van der Waals surface area contributed by atoms with Crippen molar-refractivity contribution < 1.29 is 22.8 Å². The van der Waals surface area contributed by atoms with Gasteiger partial charge in [-0.2, -0.15) is 0 Å². The lowest BCUT2D eigenvalue weighted by Gasteiger charge is -2.30. The lowest BCUT2D eigenvalue weighted by molar-refractivity contribution is -0.140. The third-order valence-electron chi connectivity index (χ3n) is 5.88. The van der Waals surface area contributed by atoms with Gasteiger partial charge in [-0.25, -0.2) is 12.7 Å². The van der Waals surface area contributed by atoms with Gasteiger partial charge in [-0.3, -0.25) is 14.4 Å². The van der Waals surface area contributed by atoms with E-state index in [9.17, 15) is 22.8 Å². The minimum atomic E-state index is -4.02. The molecular weight excluding hydrogens is 478 g/mol. The number of carbonyl (C=O) groups is 3. The van der Waals surface area contributed by atoms with E-state index in [1.165, 1.54) is 17.0 Å². The summed E-state index contributed by atoms with van der Waals surface area (Å²) in [5.41, 5.74) is 0.854. The van der Waals surface area contributed by atoms with Gasteiger partial charge in [-0.1, -0.05) is 42.8 Å². The average Bonchev–Trinajstić information content (AvgIpc) is 3.01. The zero-order valence-corrected chi connectivity index (χ0v) is 20.9. The molecule has 34 heavy (non-hydrogen) atoms. The smallest absolute Gasteiger partial charge is 0.269 e. The molecule has 10 heteroatoms. The number of rotatable bonds is 9. The van der Waals surface area contributed by atoms with Gasteiger partial charge in [0.05, 0.1) is 5.56 Å². The second-order valence-electron chi connectivity index (χ2n) is 8.27. The van der Waals surface area contributed by atoms with Crippen LogP contribution in [0, 0.1) is 0 Å². The summed E-state index contributed by atoms with van der Waals surface area (Å²) in [7, 11) is -4.02. The third kappa shape index (κ3) is 5.42. The molecule has 0 saturated carbocycles. The number of sulfonamides is 1. The number of fused-ring (bicyclic) bond motifs is 1. The maximum atomic E-state index is 13.3. The van der Waals surface area contributed by atoms with Gasteiger partial charge in [0.25, 0.3) is 15.9 Å². The first-order valence-electron chi connectivity index (χ1n) is 11.1. The molecule has 0 aromatic heterocycles. The van der Waals surface area contributed by atoms with Gasteiger partial charge in [-0.15, -0.1) is 0 Å². The molecule has 0 fully saturated rings. The normalized spacial score (nSPS) is 16.0. The van der Waals surface area contributed by atoms with Gasteiger partial charge >= 0.3 is 0 Å². The Balaban J connectivity index is 1.79. The zero-order chi connectivity index (χ0) is 25.0. The van der Waals surface area contributed by atoms with Crippen molar-refractivity contribution >= 4 is 39.3 Å². The number of amides is 3. The van der Waals surface area contributed by atoms with E-state index in [-0.39, 0.29) is 41.9 Å². The molecule has 2 atom stereocenters. The van der Waals surface area contributed by atoms with Gasteiger partial charge in [0.1, 0.15) is 10.9 Å². The van der Waals surface area contributed by atoms with E-state index in [4.69, 9.17) is 11.6 Å². The summed E-state index contributed by atoms with van der Waals surface area (Å²) in [6.45, 7) is 5.26. The summed E-state index contributed by atoms with van der Waals surface area (Å²) in [5, 5.41) is 3.42. The number of hydrogen-bond donors (Lipinski definition) is 1. The summed E-state index contributed by atoms with van der Waals surface area (Å²) >= 11 is 5.96. The second-order valence-corrected chi connectivity index (χ2v) is 10.5. The highest BCUT2D eigenvalue weighted by Gasteiger charge is 2.41. The molecule has 3 rings (SSSR count). The molecule has 182 valence electrons. The minimum Gasteiger partial charge on any atom is -0.352 e. The van der Waals surface area contributed by atoms with Crippen LogP contribution in [0.15, 0.2) is 53.4 Å². The van der Waals surface area contributed by atoms with Gasteiger partial charge in [0.15, 0.2) is 0 Å². The first-order chi connectivity index (χ1) is 16.1. The van der Waals surface area contributed by atoms with Crippen molar-refractivity contribution in [2.45, 2.75) is 57.1 Å². The summed E-state index contributed by atoms with van der Waals surface area (Å²) in [6.07, 6.45) is 0.479. The summed E-state index contributed by atoms with van der Waals surface area (Å²) in [4.78, 5) is 40.0. The van der Waals surface area contributed by atoms with Crippen LogP contribution in [0.1, 0.15) is 49.5 Å². The lowest BCUT2D eigenvalue weighted by Crippen LogP contribution is -2.50. The molecule has 2 aromatic carbocycles. The fourth-order valence-corrected chi connectivity index (χ4v) is 5.32. The van der Waals surface area contributed by atoms with Crippen LogP contribution in [-0.2, 0) is 26.2 Å². The van der Waals surface area contributed by atoms with E-state index in [1.807, 2.05) is 13.8 Å². The van der Waals surface area contributed by atoms with E-state index < -0.39 is 27.9 Å². The number of nitrogens with one attached hydrogen (secondary N) is 1. The Kier molecular flexibility index (Phi) is 7.99. The molecule has 1 N–H and O–H groups in total. The Morgan fingerprint density at radius 3 is 2.35 bits per heavy atom. The molecule has 0 radical (unpaired) electrons. The summed E-state index contributed by atoms with van der Waals surface area (Å²) in [5.74, 6) is -1.41. The van der Waals surface area contributed by atoms with Crippen LogP contribution in [-0.4, -0.2) is 54.0 Å². The maximum Gasteiger partial charge on any atom is 0.269 e. The highest BCUT2D eigenvalue weighted by Crippen LogP contribution is 2.30. The molecular formula is C24H28ClN3O5S. The van der Waals surface area contributed by atoms with Crippen molar-refractivity contribution in [2.75, 3.05) is 6.54 Å². The van der Waals surface area contributed by atoms with E-state index >= 15 is 0 Å². The Morgan fingerprint density at radius 2 is 1.74 bits per heavy atom. The van der Waals surface area contributed by atoms with Crippen LogP contribution in [0.3, 0.4) is 0 Å². The molecule has 8 nitrogen and oxygen atoms in total. The van der Waals surface area contributed by atoms with Gasteiger partial charge < -0.3 is 10.2 Å². The van der Waals surface area contributed by atoms with E-state index in [0.717, 1.165) is 16.3 Å². The molecule has 2 aromatic rings. The predicted octanol–water partition coefficient (Wildman–Crippen LogP) is 3.21. The van der Waals surface area contributed by atoms with Crippen molar-refractivity contribution in [3.63, 3.8) is 0 Å². The lowest BCUT2D eigenvalue weighted by atomic mass is 10.1. The van der Waals surface area contributed by atoms with Gasteiger partial charge in [0.2, 0.25) is 11.8 Å². The quantitative estimate of drug-likeness (QED) is 0.563. The number of halogens is 1. The second kappa shape index (κ2) is 10.6. The van der Waals surface area contributed by atoms with E-state index in [0.29, 0.717) is 5.02 Å². The Bertz CT molecular complexity index is 1180. The Morgan fingerprint density at radius 1 is 1.09 bits per heavy atom. The monoisotopic (exact) mass is 505 g/mol. The standard InChI is InChI=1S/C24H28ClN3O5S/c1-4-16(2)26-23(30)17(3)27(15-18-9-11-19(25)12-10-18)22(29)13-14-28-24(31)20-7-5-6-8-21(20)34(28,32)33/h5-12,16-17H,4,13-15H2,1-3H3,(H,26,30)/t16-,17+/m0/s1. The fourth-order valence-electron chi connectivity index (χ4n) is 3.63. The summed E-state index contributed by atoms with van der Waals surface area (Å²) in [6, 6.07) is 12.0. The molecule has 0 bridgehead atoms. The van der Waals surface area contributed by atoms with Crippen LogP contribution >= 0.6 is 11.6 Å². The maximum absolute atomic E-state index is 13.3. The van der Waals surface area contributed by atoms with Crippen molar-refractivity contribution in [1.82, 2.24) is 14.5 Å². The van der Waals surface area contributed by atoms with Gasteiger partial charge in [0, 0.05) is 30.6 Å². The molecule has 1 aliphatic rings. The zero-order valence-electron chi connectivity index (χ0n) is 19.3. The average molecular weight is 506 g/mol. The number of hydrogen-bond acceptors (Lipinski definition) is 5. The SMILES string of the molecule is CC[C@H](C)NC(=O)[C@@H](C)N(Cc1ccc(Cl)cc1)C(=O)CCN1C(=O)c2ccccc2S1(=O)=O. The number of benzene rings is 2. The summed E-state index contributed by atoms with van der Waals surface area (Å²) < 4.78 is 26.3. The first kappa shape index (κ1) is 25.7. The molecule has 0 aliphatic carbocycles. The van der Waals surface area contributed by atoms with Crippen molar-refractivity contribution in [2.24, 2.45) is 0 Å². The van der Waals surface area contributed by atoms with Crippen molar-refractivity contribution in [1.29, 1.82) is 0 Å². The van der Waals surface area contributed by atoms with Crippen molar-refractivity contribution in [3.8, 4) is 0 Å². The predicted molar refractivity (Wildman–Crippen MR) is 129 cm³/mol. The molecule has 0 spiro atoms. The molecule has 1 heterocycles. The topological polar surface area (TPSA) is 104 Å². The number of carbonyl (C=O) groups excluding carboxylic acids is 3. The first-order valence-corrected chi connectivity index (χ1v) is 12.9. The molecule has 1 aliphatic heterocycles. The van der Waals surface area contributed by atoms with Crippen LogP contribution in [0.25, 0.3) is 0 Å². The molecule has 0 saturated heterocycles. The largest absolute Gasteiger partial charge is 0.352 e. The van der Waals surface area contributed by atoms with Crippen LogP contribution in [0.2, 0.25) is 5.02 Å². The molecule has 0 unspecified atom stereocenters. The van der Waals surface area contributed by atoms with E-state index in [2.05, 4.69) is 5.32 Å². The Labute approximate surface area is 204 Å². The molecule has 3 amide bonds. The highest BCUT2D eigenvalue weighted by molar-refractivity contribution is 7.90. The number of nitrogens with zero attached hydrogens (tertiary/aromatic N) is 2. The van der Waals surface area contributed by atoms with E-state index in [1.54, 1.807) is 43.3 Å². The minimum absolute atomic E-state index is 0.0618. The Hall–Kier alpha value is -2.91. The van der Waals surface area contributed by atoms with Crippen molar-refractivity contribution in [3.05, 3.63) is 64.7 Å². The van der Waals surface area contributed by atoms with Crippen LogP contribution in [0.4, 0.5) is 0 Å². The van der Waals surface area contributed by atoms with Crippen LogP contribution < -0.4 is 5.32 Å². The van der Waals surface area contributed by atoms with Crippen LogP contribution in [0.5, 0.6) is 0 Å². The third-order valence-corrected chi connectivity index (χ3v) is 7.97. The van der Waals surface area contributed by atoms with Gasteiger partial charge in [-0.05, 0) is 50.1 Å². The fraction of sp³-hybridized carbons (Fsp3) is 0.375.